The van der Waals surface area contributed by atoms with Crippen molar-refractivity contribution in [3.63, 3.8) is 0 Å². The maximum absolute atomic E-state index is 12.2. The monoisotopic (exact) mass is 373 g/mol. The van der Waals surface area contributed by atoms with Crippen molar-refractivity contribution in [1.29, 1.82) is 0 Å². The second-order valence-electron chi connectivity index (χ2n) is 5.69. The molecule has 2 heterocycles. The number of rotatable bonds is 3. The van der Waals surface area contributed by atoms with E-state index >= 15 is 0 Å². The predicted molar refractivity (Wildman–Crippen MR) is 89.2 cm³/mol. The molecule has 2 aliphatic rings. The first kappa shape index (κ1) is 16.4. The van der Waals surface area contributed by atoms with E-state index in [1.165, 1.54) is 12.1 Å². The number of imide groups is 1. The Bertz CT molecular complexity index is 906. The number of fused-ring (bicyclic) bond motifs is 2. The van der Waals surface area contributed by atoms with E-state index in [0.29, 0.717) is 40.4 Å². The molecule has 4 rings (SSSR count). The van der Waals surface area contributed by atoms with Crippen LogP contribution in [-0.2, 0) is 16.1 Å². The number of benzene rings is 2. The fourth-order valence-electron chi connectivity index (χ4n) is 2.82. The van der Waals surface area contributed by atoms with Crippen molar-refractivity contribution in [2.75, 3.05) is 13.2 Å². The zero-order valence-electron chi connectivity index (χ0n) is 13.4. The molecule has 0 aliphatic carbocycles. The summed E-state index contributed by atoms with van der Waals surface area (Å²) in [6.07, 6.45) is -0.191. The average molecular weight is 374 g/mol. The Balaban J connectivity index is 1.49. The molecule has 26 heavy (non-hydrogen) atoms. The molecule has 2 aromatic rings. The number of halogens is 1. The van der Waals surface area contributed by atoms with Gasteiger partial charge in [-0.15, -0.1) is 0 Å². The van der Waals surface area contributed by atoms with E-state index in [-0.39, 0.29) is 17.5 Å². The number of hydrogen-bond donors (Lipinski definition) is 0. The molecule has 0 aromatic heterocycles. The Morgan fingerprint density at radius 1 is 1.08 bits per heavy atom. The van der Waals surface area contributed by atoms with Crippen molar-refractivity contribution in [3.8, 4) is 11.5 Å². The first-order chi connectivity index (χ1) is 12.5. The van der Waals surface area contributed by atoms with Crippen LogP contribution >= 0.6 is 11.6 Å². The molecule has 8 heteroatoms. The van der Waals surface area contributed by atoms with Crippen LogP contribution in [0.5, 0.6) is 11.5 Å². The standard InChI is InChI=1S/C18H12ClNO6/c19-13-7-10(8-14-16(13)25-6-5-24-14)9-15(21)26-20-17(22)11-3-1-2-4-12(11)18(20)23/h1-4,7-8H,5-6,9H2. The van der Waals surface area contributed by atoms with Gasteiger partial charge < -0.3 is 14.3 Å². The van der Waals surface area contributed by atoms with Crippen LogP contribution in [0, 0.1) is 0 Å². The Labute approximate surface area is 153 Å². The molecule has 0 atom stereocenters. The van der Waals surface area contributed by atoms with Gasteiger partial charge in [-0.3, -0.25) is 9.59 Å². The summed E-state index contributed by atoms with van der Waals surface area (Å²) >= 11 is 6.13. The lowest BCUT2D eigenvalue weighted by Gasteiger charge is -2.20. The summed E-state index contributed by atoms with van der Waals surface area (Å²) in [5.41, 5.74) is 0.918. The van der Waals surface area contributed by atoms with Gasteiger partial charge in [-0.25, -0.2) is 4.79 Å². The van der Waals surface area contributed by atoms with Gasteiger partial charge in [0.2, 0.25) is 0 Å². The molecule has 0 saturated carbocycles. The maximum atomic E-state index is 12.2. The highest BCUT2D eigenvalue weighted by molar-refractivity contribution is 6.32. The van der Waals surface area contributed by atoms with Gasteiger partial charge in [-0.05, 0) is 29.8 Å². The van der Waals surface area contributed by atoms with E-state index in [2.05, 4.69) is 0 Å². The molecule has 0 unspecified atom stereocenters. The van der Waals surface area contributed by atoms with Gasteiger partial charge in [0, 0.05) is 0 Å². The lowest BCUT2D eigenvalue weighted by Crippen LogP contribution is -2.33. The highest BCUT2D eigenvalue weighted by atomic mass is 35.5. The number of hydrogen-bond acceptors (Lipinski definition) is 6. The molecular weight excluding hydrogens is 362 g/mol. The minimum absolute atomic E-state index is 0.191. The van der Waals surface area contributed by atoms with Crippen molar-refractivity contribution >= 4 is 29.4 Å². The van der Waals surface area contributed by atoms with E-state index in [4.69, 9.17) is 25.9 Å². The van der Waals surface area contributed by atoms with Gasteiger partial charge in [0.15, 0.2) is 11.5 Å². The number of nitrogens with zero attached hydrogens (tertiary/aromatic N) is 1. The Hall–Kier alpha value is -3.06. The summed E-state index contributed by atoms with van der Waals surface area (Å²) in [5.74, 6) is -1.24. The first-order valence-corrected chi connectivity index (χ1v) is 8.19. The quantitative estimate of drug-likeness (QED) is 0.768. The highest BCUT2D eigenvalue weighted by Gasteiger charge is 2.38. The van der Waals surface area contributed by atoms with Gasteiger partial charge in [-0.1, -0.05) is 28.8 Å². The largest absolute Gasteiger partial charge is 0.486 e. The summed E-state index contributed by atoms with van der Waals surface area (Å²) < 4.78 is 10.9. The molecule has 2 aliphatic heterocycles. The molecule has 0 saturated heterocycles. The molecule has 0 fully saturated rings. The van der Waals surface area contributed by atoms with Crippen molar-refractivity contribution in [3.05, 3.63) is 58.1 Å². The fraction of sp³-hybridized carbons (Fsp3) is 0.167. The van der Waals surface area contributed by atoms with Crippen molar-refractivity contribution < 1.29 is 28.7 Å². The molecule has 2 amide bonds. The van der Waals surface area contributed by atoms with E-state index < -0.39 is 17.8 Å². The van der Waals surface area contributed by atoms with E-state index in [1.54, 1.807) is 24.3 Å². The first-order valence-electron chi connectivity index (χ1n) is 7.81. The summed E-state index contributed by atoms with van der Waals surface area (Å²) in [6.45, 7) is 0.778. The molecular formula is C18H12ClNO6. The number of amides is 2. The third-order valence-corrected chi connectivity index (χ3v) is 4.24. The summed E-state index contributed by atoms with van der Waals surface area (Å²) in [7, 11) is 0. The molecule has 132 valence electrons. The van der Waals surface area contributed by atoms with Crippen LogP contribution in [0.2, 0.25) is 5.02 Å². The van der Waals surface area contributed by atoms with Crippen molar-refractivity contribution in [1.82, 2.24) is 5.06 Å². The number of hydroxylamine groups is 2. The third kappa shape index (κ3) is 2.76. The van der Waals surface area contributed by atoms with Crippen molar-refractivity contribution in [2.45, 2.75) is 6.42 Å². The molecule has 7 nitrogen and oxygen atoms in total. The maximum Gasteiger partial charge on any atom is 0.337 e. The van der Waals surface area contributed by atoms with Crippen LogP contribution in [-0.4, -0.2) is 36.1 Å². The Kier molecular flexibility index (Phi) is 4.00. The van der Waals surface area contributed by atoms with Gasteiger partial charge >= 0.3 is 5.97 Å². The zero-order valence-corrected chi connectivity index (χ0v) is 14.1. The fourth-order valence-corrected chi connectivity index (χ4v) is 3.10. The van der Waals surface area contributed by atoms with Gasteiger partial charge in [0.05, 0.1) is 22.6 Å². The van der Waals surface area contributed by atoms with Crippen LogP contribution < -0.4 is 9.47 Å². The van der Waals surface area contributed by atoms with Gasteiger partial charge in [0.25, 0.3) is 11.8 Å². The molecule has 0 N–H and O–H groups in total. The van der Waals surface area contributed by atoms with E-state index in [0.717, 1.165) is 0 Å². The van der Waals surface area contributed by atoms with E-state index in [9.17, 15) is 14.4 Å². The number of carbonyl (C=O) groups is 3. The summed E-state index contributed by atoms with van der Waals surface area (Å²) in [6, 6.07) is 9.44. The predicted octanol–water partition coefficient (Wildman–Crippen LogP) is 2.41. The molecule has 0 spiro atoms. The van der Waals surface area contributed by atoms with Crippen LogP contribution in [0.3, 0.4) is 0 Å². The van der Waals surface area contributed by atoms with Crippen LogP contribution in [0.1, 0.15) is 26.3 Å². The number of carbonyl (C=O) groups excluding carboxylic acids is 3. The van der Waals surface area contributed by atoms with Crippen LogP contribution in [0.25, 0.3) is 0 Å². The van der Waals surface area contributed by atoms with Crippen molar-refractivity contribution in [2.24, 2.45) is 0 Å². The lowest BCUT2D eigenvalue weighted by atomic mass is 10.1. The van der Waals surface area contributed by atoms with Crippen LogP contribution in [0.4, 0.5) is 0 Å². The summed E-state index contributed by atoms with van der Waals surface area (Å²) in [4.78, 5) is 41.6. The average Bonchev–Trinajstić information content (AvgIpc) is 2.87. The topological polar surface area (TPSA) is 82.1 Å². The van der Waals surface area contributed by atoms with Crippen LogP contribution in [0.15, 0.2) is 36.4 Å². The van der Waals surface area contributed by atoms with Gasteiger partial charge in [-0.2, -0.15) is 0 Å². The molecule has 0 bridgehead atoms. The highest BCUT2D eigenvalue weighted by Crippen LogP contribution is 2.38. The molecule has 2 aromatic carbocycles. The smallest absolute Gasteiger partial charge is 0.337 e. The minimum atomic E-state index is -0.771. The second kappa shape index (κ2) is 6.34. The minimum Gasteiger partial charge on any atom is -0.486 e. The normalized spacial score (nSPS) is 15.0. The second-order valence-corrected chi connectivity index (χ2v) is 6.10. The Morgan fingerprint density at radius 2 is 1.73 bits per heavy atom. The zero-order chi connectivity index (χ0) is 18.3. The van der Waals surface area contributed by atoms with Gasteiger partial charge in [0.1, 0.15) is 13.2 Å². The Morgan fingerprint density at radius 3 is 2.42 bits per heavy atom. The summed E-state index contributed by atoms with van der Waals surface area (Å²) in [5, 5.41) is 0.790. The molecule has 0 radical (unpaired) electrons. The third-order valence-electron chi connectivity index (χ3n) is 3.95. The SMILES string of the molecule is O=C(Cc1cc(Cl)c2c(c1)OCCO2)ON1C(=O)c2ccccc2C1=O. The number of ether oxygens (including phenoxy) is 2. The lowest BCUT2D eigenvalue weighted by molar-refractivity contribution is -0.167. The van der Waals surface area contributed by atoms with E-state index in [1.807, 2.05) is 0 Å².